The van der Waals surface area contributed by atoms with Gasteiger partial charge in [0.15, 0.2) is 0 Å². The third-order valence-electron chi connectivity index (χ3n) is 7.78. The molecule has 0 amide bonds. The number of unbranched alkanes of at least 4 members (excludes halogenated alkanes) is 6. The topological polar surface area (TPSA) is 22.1 Å². The summed E-state index contributed by atoms with van der Waals surface area (Å²) in [5, 5.41) is 0. The highest BCUT2D eigenvalue weighted by Crippen LogP contribution is 2.36. The maximum Gasteiger partial charge on any atom is 0.119 e. The number of aromatic nitrogens is 1. The molecule has 2 heteroatoms. The van der Waals surface area contributed by atoms with Crippen molar-refractivity contribution in [1.29, 1.82) is 0 Å². The molecule has 2 unspecified atom stereocenters. The molecule has 0 N–H and O–H groups in total. The summed E-state index contributed by atoms with van der Waals surface area (Å²) in [5.41, 5.74) is 3.57. The van der Waals surface area contributed by atoms with E-state index in [1.54, 1.807) is 0 Å². The quantitative estimate of drug-likeness (QED) is 0.231. The maximum atomic E-state index is 6.09. The normalized spacial score (nSPS) is 18.2. The monoisotopic (exact) mass is 463 g/mol. The van der Waals surface area contributed by atoms with Crippen molar-refractivity contribution >= 4 is 0 Å². The molecule has 1 aliphatic carbocycles. The van der Waals surface area contributed by atoms with Crippen molar-refractivity contribution in [3.63, 3.8) is 0 Å². The van der Waals surface area contributed by atoms with E-state index in [9.17, 15) is 0 Å². The van der Waals surface area contributed by atoms with Crippen LogP contribution in [-0.4, -0.2) is 11.6 Å². The molecule has 1 saturated carbocycles. The van der Waals surface area contributed by atoms with Gasteiger partial charge in [-0.3, -0.25) is 4.98 Å². The second-order valence-corrected chi connectivity index (χ2v) is 10.5. The Morgan fingerprint density at radius 3 is 2.09 bits per heavy atom. The predicted molar refractivity (Wildman–Crippen MR) is 146 cm³/mol. The molecule has 34 heavy (non-hydrogen) atoms. The molecule has 0 saturated heterocycles. The number of aryl methyl sites for hydroxylation is 1. The Labute approximate surface area is 209 Å². The van der Waals surface area contributed by atoms with Crippen molar-refractivity contribution in [2.24, 2.45) is 11.8 Å². The molecule has 1 aromatic heterocycles. The summed E-state index contributed by atoms with van der Waals surface area (Å²) in [5.74, 6) is 2.89. The minimum atomic E-state index is 0.836. The predicted octanol–water partition coefficient (Wildman–Crippen LogP) is 9.81. The lowest BCUT2D eigenvalue weighted by molar-refractivity contribution is 0.190. The zero-order valence-electron chi connectivity index (χ0n) is 22.1. The first-order chi connectivity index (χ1) is 16.8. The van der Waals surface area contributed by atoms with Crippen molar-refractivity contribution in [2.75, 3.05) is 6.61 Å². The van der Waals surface area contributed by atoms with E-state index in [1.807, 2.05) is 0 Å². The Morgan fingerprint density at radius 1 is 0.735 bits per heavy atom. The van der Waals surface area contributed by atoms with Crippen molar-refractivity contribution in [2.45, 2.75) is 117 Å². The van der Waals surface area contributed by atoms with Gasteiger partial charge in [0.25, 0.3) is 0 Å². The SMILES string of the molecule is CCCCCCCc1ccc(-c2ccc(OCCCC3CCCCC3CCCCC)cc2)nc1. The molecule has 188 valence electrons. The van der Waals surface area contributed by atoms with E-state index in [-0.39, 0.29) is 0 Å². The van der Waals surface area contributed by atoms with Gasteiger partial charge in [-0.1, -0.05) is 97.0 Å². The summed E-state index contributed by atoms with van der Waals surface area (Å²) >= 11 is 0. The van der Waals surface area contributed by atoms with Crippen molar-refractivity contribution < 1.29 is 4.74 Å². The molecule has 1 heterocycles. The Bertz CT molecular complexity index is 767. The van der Waals surface area contributed by atoms with Crippen LogP contribution < -0.4 is 4.74 Å². The summed E-state index contributed by atoms with van der Waals surface area (Å²) in [6.07, 6.45) is 23.8. The summed E-state index contributed by atoms with van der Waals surface area (Å²) in [7, 11) is 0. The zero-order chi connectivity index (χ0) is 23.8. The van der Waals surface area contributed by atoms with Crippen LogP contribution in [0.25, 0.3) is 11.3 Å². The number of pyridine rings is 1. The summed E-state index contributed by atoms with van der Waals surface area (Å²) in [6.45, 7) is 5.41. The first-order valence-electron chi connectivity index (χ1n) is 14.5. The third-order valence-corrected chi connectivity index (χ3v) is 7.78. The Balaban J connectivity index is 1.37. The Morgan fingerprint density at radius 2 is 1.41 bits per heavy atom. The maximum absolute atomic E-state index is 6.09. The summed E-state index contributed by atoms with van der Waals surface area (Å²) in [6, 6.07) is 12.9. The molecular formula is C32H49NO. The molecule has 1 fully saturated rings. The lowest BCUT2D eigenvalue weighted by atomic mass is 9.74. The molecule has 0 radical (unpaired) electrons. The van der Waals surface area contributed by atoms with Crippen molar-refractivity contribution in [1.82, 2.24) is 4.98 Å². The van der Waals surface area contributed by atoms with Gasteiger partial charge in [0.1, 0.15) is 5.75 Å². The van der Waals surface area contributed by atoms with Gasteiger partial charge in [0.05, 0.1) is 12.3 Å². The Kier molecular flexibility index (Phi) is 12.6. The van der Waals surface area contributed by atoms with Gasteiger partial charge in [-0.15, -0.1) is 0 Å². The van der Waals surface area contributed by atoms with E-state index in [4.69, 9.17) is 9.72 Å². The number of nitrogens with zero attached hydrogens (tertiary/aromatic N) is 1. The average Bonchev–Trinajstić information content (AvgIpc) is 2.88. The van der Waals surface area contributed by atoms with Crippen LogP contribution in [0.15, 0.2) is 42.6 Å². The highest BCUT2D eigenvalue weighted by molar-refractivity contribution is 5.60. The van der Waals surface area contributed by atoms with Crippen LogP contribution in [0.3, 0.4) is 0 Å². The van der Waals surface area contributed by atoms with Gasteiger partial charge < -0.3 is 4.74 Å². The highest BCUT2D eigenvalue weighted by atomic mass is 16.5. The first-order valence-corrected chi connectivity index (χ1v) is 14.5. The number of ether oxygens (including phenoxy) is 1. The van der Waals surface area contributed by atoms with Gasteiger partial charge in [0.2, 0.25) is 0 Å². The fourth-order valence-corrected chi connectivity index (χ4v) is 5.63. The third kappa shape index (κ3) is 9.43. The van der Waals surface area contributed by atoms with Gasteiger partial charge >= 0.3 is 0 Å². The van der Waals surface area contributed by atoms with Crippen molar-refractivity contribution in [3.05, 3.63) is 48.2 Å². The average molecular weight is 464 g/mol. The Hall–Kier alpha value is -1.83. The number of hydrogen-bond donors (Lipinski definition) is 0. The van der Waals surface area contributed by atoms with Crippen LogP contribution in [0.2, 0.25) is 0 Å². The lowest BCUT2D eigenvalue weighted by Crippen LogP contribution is -2.20. The first kappa shape index (κ1) is 26.8. The van der Waals surface area contributed by atoms with Gasteiger partial charge in [-0.2, -0.15) is 0 Å². The van der Waals surface area contributed by atoms with Crippen LogP contribution in [0.5, 0.6) is 5.75 Å². The molecule has 0 aliphatic heterocycles. The molecule has 1 aromatic carbocycles. The van der Waals surface area contributed by atoms with Crippen LogP contribution >= 0.6 is 0 Å². The fraction of sp³-hybridized carbons (Fsp3) is 0.656. The second-order valence-electron chi connectivity index (χ2n) is 10.5. The number of rotatable bonds is 16. The molecule has 0 spiro atoms. The minimum absolute atomic E-state index is 0.836. The van der Waals surface area contributed by atoms with Gasteiger partial charge in [-0.05, 0) is 73.4 Å². The smallest absolute Gasteiger partial charge is 0.119 e. The summed E-state index contributed by atoms with van der Waals surface area (Å²) < 4.78 is 6.09. The minimum Gasteiger partial charge on any atom is -0.494 e. The van der Waals surface area contributed by atoms with E-state index >= 15 is 0 Å². The van der Waals surface area contributed by atoms with E-state index in [0.29, 0.717) is 0 Å². The number of hydrogen-bond acceptors (Lipinski definition) is 2. The number of benzene rings is 1. The fourth-order valence-electron chi connectivity index (χ4n) is 5.63. The molecule has 2 atom stereocenters. The van der Waals surface area contributed by atoms with Crippen LogP contribution in [0.1, 0.15) is 116 Å². The van der Waals surface area contributed by atoms with Crippen LogP contribution in [-0.2, 0) is 6.42 Å². The van der Waals surface area contributed by atoms with E-state index < -0.39 is 0 Å². The largest absolute Gasteiger partial charge is 0.494 e. The highest BCUT2D eigenvalue weighted by Gasteiger charge is 2.24. The molecule has 0 bridgehead atoms. The van der Waals surface area contributed by atoms with E-state index in [0.717, 1.165) is 36.3 Å². The standard InChI is InChI=1S/C32H49NO/c1-3-5-7-8-10-14-27-19-24-32(33-26-27)30-20-22-31(23-21-30)34-25-13-18-29-17-12-11-16-28(29)15-9-6-4-2/h19-24,26,28-29H,3-18,25H2,1-2H3. The lowest BCUT2D eigenvalue weighted by Gasteiger charge is -2.31. The van der Waals surface area contributed by atoms with Crippen LogP contribution in [0.4, 0.5) is 0 Å². The zero-order valence-corrected chi connectivity index (χ0v) is 22.1. The van der Waals surface area contributed by atoms with Gasteiger partial charge in [-0.25, -0.2) is 0 Å². The second kappa shape index (κ2) is 16.0. The van der Waals surface area contributed by atoms with Crippen LogP contribution in [0, 0.1) is 11.8 Å². The molecule has 3 rings (SSSR count). The molecule has 2 aromatic rings. The summed E-state index contributed by atoms with van der Waals surface area (Å²) in [4.78, 5) is 4.71. The molecule has 2 nitrogen and oxygen atoms in total. The van der Waals surface area contributed by atoms with E-state index in [1.165, 1.54) is 107 Å². The molecule has 1 aliphatic rings. The molecular weight excluding hydrogens is 414 g/mol. The van der Waals surface area contributed by atoms with Gasteiger partial charge in [0, 0.05) is 11.8 Å². The van der Waals surface area contributed by atoms with E-state index in [2.05, 4.69) is 56.4 Å². The van der Waals surface area contributed by atoms with Crippen molar-refractivity contribution in [3.8, 4) is 17.0 Å².